The molecule has 2 aliphatic carbocycles. The zero-order chi connectivity index (χ0) is 10.7. The van der Waals surface area contributed by atoms with E-state index in [1.807, 2.05) is 0 Å². The summed E-state index contributed by atoms with van der Waals surface area (Å²) in [5, 5.41) is 3.31. The van der Waals surface area contributed by atoms with Crippen molar-refractivity contribution in [1.82, 2.24) is 5.32 Å². The van der Waals surface area contributed by atoms with Crippen molar-refractivity contribution in [2.75, 3.05) is 13.1 Å². The van der Waals surface area contributed by atoms with Gasteiger partial charge in [-0.25, -0.2) is 0 Å². The lowest BCUT2D eigenvalue weighted by atomic mass is 9.81. The topological polar surface area (TPSA) is 29.1 Å². The average molecular weight is 209 g/mol. The summed E-state index contributed by atoms with van der Waals surface area (Å²) in [5.74, 6) is 2.55. The molecule has 0 heterocycles. The molecule has 0 spiro atoms. The van der Waals surface area contributed by atoms with E-state index in [2.05, 4.69) is 12.2 Å². The first-order valence-electron chi connectivity index (χ1n) is 6.49. The van der Waals surface area contributed by atoms with Crippen molar-refractivity contribution in [2.45, 2.75) is 45.4 Å². The van der Waals surface area contributed by atoms with Crippen LogP contribution in [0.1, 0.15) is 45.4 Å². The van der Waals surface area contributed by atoms with Crippen molar-refractivity contribution >= 4 is 5.78 Å². The number of Topliss-reactive ketones (excluding diaryl/α,β-unsaturated/α-hetero) is 1. The third kappa shape index (κ3) is 3.60. The van der Waals surface area contributed by atoms with Gasteiger partial charge in [0.15, 0.2) is 0 Å². The molecule has 2 rings (SSSR count). The molecule has 2 heteroatoms. The first-order valence-corrected chi connectivity index (χ1v) is 6.49. The highest BCUT2D eigenvalue weighted by Crippen LogP contribution is 2.29. The SMILES string of the molecule is CC1CCC(C(=O)CNCC2CC2)CC1. The fraction of sp³-hybridized carbons (Fsp3) is 0.923. The molecule has 86 valence electrons. The Kier molecular flexibility index (Phi) is 3.79. The number of carbonyl (C=O) groups excluding carboxylic acids is 1. The van der Waals surface area contributed by atoms with Crippen molar-refractivity contribution in [2.24, 2.45) is 17.8 Å². The molecule has 2 fully saturated rings. The Labute approximate surface area is 92.8 Å². The highest BCUT2D eigenvalue weighted by molar-refractivity contribution is 5.83. The number of nitrogens with one attached hydrogen (secondary N) is 1. The standard InChI is InChI=1S/C13H23NO/c1-10-2-6-12(7-3-10)13(15)9-14-8-11-4-5-11/h10-12,14H,2-9H2,1H3. The van der Waals surface area contributed by atoms with E-state index in [-0.39, 0.29) is 0 Å². The van der Waals surface area contributed by atoms with Crippen LogP contribution in [0.5, 0.6) is 0 Å². The van der Waals surface area contributed by atoms with Gasteiger partial charge in [-0.05, 0) is 44.1 Å². The lowest BCUT2D eigenvalue weighted by Gasteiger charge is -2.25. The summed E-state index contributed by atoms with van der Waals surface area (Å²) >= 11 is 0. The van der Waals surface area contributed by atoms with Gasteiger partial charge in [0.05, 0.1) is 6.54 Å². The second-order valence-corrected chi connectivity index (χ2v) is 5.50. The van der Waals surface area contributed by atoms with Crippen LogP contribution in [0.4, 0.5) is 0 Å². The summed E-state index contributed by atoms with van der Waals surface area (Å²) in [5.41, 5.74) is 0. The monoisotopic (exact) mass is 209 g/mol. The molecule has 0 aromatic heterocycles. The van der Waals surface area contributed by atoms with Crippen LogP contribution in [0.2, 0.25) is 0 Å². The van der Waals surface area contributed by atoms with Gasteiger partial charge in [-0.2, -0.15) is 0 Å². The maximum absolute atomic E-state index is 11.8. The molecule has 0 aliphatic heterocycles. The molecule has 0 radical (unpaired) electrons. The van der Waals surface area contributed by atoms with Gasteiger partial charge in [0.2, 0.25) is 0 Å². The summed E-state index contributed by atoms with van der Waals surface area (Å²) in [7, 11) is 0. The summed E-state index contributed by atoms with van der Waals surface area (Å²) in [6, 6.07) is 0. The maximum Gasteiger partial charge on any atom is 0.149 e. The Morgan fingerprint density at radius 3 is 2.40 bits per heavy atom. The third-order valence-electron chi connectivity index (χ3n) is 3.90. The van der Waals surface area contributed by atoms with E-state index < -0.39 is 0 Å². The third-order valence-corrected chi connectivity index (χ3v) is 3.90. The molecular weight excluding hydrogens is 186 g/mol. The number of carbonyl (C=O) groups is 1. The van der Waals surface area contributed by atoms with Crippen LogP contribution < -0.4 is 5.32 Å². The van der Waals surface area contributed by atoms with Gasteiger partial charge < -0.3 is 5.32 Å². The maximum atomic E-state index is 11.8. The number of ketones is 1. The van der Waals surface area contributed by atoms with E-state index in [1.54, 1.807) is 0 Å². The summed E-state index contributed by atoms with van der Waals surface area (Å²) in [6.07, 6.45) is 7.48. The Morgan fingerprint density at radius 1 is 1.13 bits per heavy atom. The highest BCUT2D eigenvalue weighted by atomic mass is 16.1. The lowest BCUT2D eigenvalue weighted by Crippen LogP contribution is -2.31. The second kappa shape index (κ2) is 5.11. The molecule has 0 atom stereocenters. The van der Waals surface area contributed by atoms with Crippen LogP contribution in [-0.4, -0.2) is 18.9 Å². The zero-order valence-corrected chi connectivity index (χ0v) is 9.80. The number of hydrogen-bond donors (Lipinski definition) is 1. The fourth-order valence-electron chi connectivity index (χ4n) is 2.45. The largest absolute Gasteiger partial charge is 0.310 e. The van der Waals surface area contributed by atoms with E-state index in [0.717, 1.165) is 31.2 Å². The summed E-state index contributed by atoms with van der Waals surface area (Å²) in [6.45, 7) is 3.98. The Morgan fingerprint density at radius 2 is 1.80 bits per heavy atom. The molecule has 2 aliphatic rings. The van der Waals surface area contributed by atoms with Crippen molar-refractivity contribution in [1.29, 1.82) is 0 Å². The zero-order valence-electron chi connectivity index (χ0n) is 9.80. The smallest absolute Gasteiger partial charge is 0.149 e. The molecular formula is C13H23NO. The van der Waals surface area contributed by atoms with Crippen LogP contribution in [0.3, 0.4) is 0 Å². The van der Waals surface area contributed by atoms with E-state index in [4.69, 9.17) is 0 Å². The minimum atomic E-state index is 0.368. The first kappa shape index (κ1) is 11.1. The van der Waals surface area contributed by atoms with Gasteiger partial charge in [0.1, 0.15) is 5.78 Å². The molecule has 15 heavy (non-hydrogen) atoms. The first-order chi connectivity index (χ1) is 7.25. The molecule has 1 N–H and O–H groups in total. The van der Waals surface area contributed by atoms with E-state index >= 15 is 0 Å². The Bertz CT molecular complexity index is 215. The number of rotatable bonds is 5. The second-order valence-electron chi connectivity index (χ2n) is 5.50. The minimum absolute atomic E-state index is 0.368. The highest BCUT2D eigenvalue weighted by Gasteiger charge is 2.25. The van der Waals surface area contributed by atoms with Crippen molar-refractivity contribution < 1.29 is 4.79 Å². The van der Waals surface area contributed by atoms with Gasteiger partial charge in [0, 0.05) is 5.92 Å². The van der Waals surface area contributed by atoms with Crippen molar-refractivity contribution in [3.63, 3.8) is 0 Å². The van der Waals surface area contributed by atoms with Gasteiger partial charge in [-0.1, -0.05) is 19.8 Å². The molecule has 2 saturated carbocycles. The Balaban J connectivity index is 1.61. The van der Waals surface area contributed by atoms with Gasteiger partial charge in [-0.3, -0.25) is 4.79 Å². The molecule has 0 aromatic rings. The minimum Gasteiger partial charge on any atom is -0.310 e. The van der Waals surface area contributed by atoms with E-state index in [9.17, 15) is 4.79 Å². The van der Waals surface area contributed by atoms with Gasteiger partial charge >= 0.3 is 0 Å². The van der Waals surface area contributed by atoms with Crippen molar-refractivity contribution in [3.05, 3.63) is 0 Å². The van der Waals surface area contributed by atoms with Crippen LogP contribution in [0, 0.1) is 17.8 Å². The van der Waals surface area contributed by atoms with E-state index in [1.165, 1.54) is 25.7 Å². The average Bonchev–Trinajstić information content (AvgIpc) is 3.02. The molecule has 0 bridgehead atoms. The van der Waals surface area contributed by atoms with E-state index in [0.29, 0.717) is 18.2 Å². The van der Waals surface area contributed by atoms with Gasteiger partial charge in [0.25, 0.3) is 0 Å². The van der Waals surface area contributed by atoms with Crippen LogP contribution >= 0.6 is 0 Å². The van der Waals surface area contributed by atoms with Crippen LogP contribution in [-0.2, 0) is 4.79 Å². The molecule has 0 unspecified atom stereocenters. The molecule has 0 aromatic carbocycles. The van der Waals surface area contributed by atoms with Crippen LogP contribution in [0.15, 0.2) is 0 Å². The predicted octanol–water partition coefficient (Wildman–Crippen LogP) is 2.38. The molecule has 0 amide bonds. The predicted molar refractivity (Wildman–Crippen MR) is 61.7 cm³/mol. The quantitative estimate of drug-likeness (QED) is 0.753. The molecule has 2 nitrogen and oxygen atoms in total. The molecule has 0 saturated heterocycles. The Hall–Kier alpha value is -0.370. The summed E-state index contributed by atoms with van der Waals surface area (Å²) in [4.78, 5) is 11.8. The van der Waals surface area contributed by atoms with Crippen LogP contribution in [0.25, 0.3) is 0 Å². The summed E-state index contributed by atoms with van der Waals surface area (Å²) < 4.78 is 0. The van der Waals surface area contributed by atoms with Gasteiger partial charge in [-0.15, -0.1) is 0 Å². The normalized spacial score (nSPS) is 31.5. The fourth-order valence-corrected chi connectivity index (χ4v) is 2.45. The van der Waals surface area contributed by atoms with Crippen molar-refractivity contribution in [3.8, 4) is 0 Å². The number of hydrogen-bond acceptors (Lipinski definition) is 2. The lowest BCUT2D eigenvalue weighted by molar-refractivity contribution is -0.123.